The Morgan fingerprint density at radius 1 is 0.931 bits per heavy atom. The van der Waals surface area contributed by atoms with Gasteiger partial charge in [-0.2, -0.15) is 0 Å². The molecule has 3 rings (SSSR count). The highest BCUT2D eigenvalue weighted by Gasteiger charge is 2.24. The zero-order chi connectivity index (χ0) is 21.0. The number of benzene rings is 3. The van der Waals surface area contributed by atoms with Crippen LogP contribution in [0.25, 0.3) is 11.1 Å². The highest BCUT2D eigenvalue weighted by Crippen LogP contribution is 2.23. The molecule has 2 N–H and O–H groups in total. The van der Waals surface area contributed by atoms with Gasteiger partial charge >= 0.3 is 5.97 Å². The summed E-state index contributed by atoms with van der Waals surface area (Å²) in [6.45, 7) is 0. The molecule has 0 bridgehead atoms. The van der Waals surface area contributed by atoms with E-state index < -0.39 is 41.5 Å². The smallest absolute Gasteiger partial charge is 0.326 e. The summed E-state index contributed by atoms with van der Waals surface area (Å²) < 4.78 is 27.6. The molecule has 0 saturated heterocycles. The van der Waals surface area contributed by atoms with E-state index in [0.29, 0.717) is 5.02 Å². The number of carbonyl (C=O) groups excluding carboxylic acids is 1. The maximum absolute atomic E-state index is 13.8. The van der Waals surface area contributed by atoms with E-state index in [9.17, 15) is 23.5 Å². The molecule has 0 heterocycles. The van der Waals surface area contributed by atoms with Gasteiger partial charge in [-0.25, -0.2) is 13.6 Å². The standard InChI is InChI=1S/C22H16ClF2NO3/c23-16-4-1-3-15(11-16)13-7-9-14(10-8-13)21(27)26-20(22(28)29)12-17-18(24)5-2-6-19(17)25/h1-11,20H,12H2,(H,26,27)(H,28,29). The first-order chi connectivity index (χ1) is 13.8. The predicted molar refractivity (Wildman–Crippen MR) is 106 cm³/mol. The molecule has 7 heteroatoms. The van der Waals surface area contributed by atoms with Crippen LogP contribution in [-0.2, 0) is 11.2 Å². The van der Waals surface area contributed by atoms with Crippen LogP contribution >= 0.6 is 11.6 Å². The number of carboxylic acids is 1. The van der Waals surface area contributed by atoms with Crippen LogP contribution in [0.15, 0.2) is 66.7 Å². The quantitative estimate of drug-likeness (QED) is 0.612. The molecule has 1 atom stereocenters. The highest BCUT2D eigenvalue weighted by atomic mass is 35.5. The van der Waals surface area contributed by atoms with Gasteiger partial charge in [0.2, 0.25) is 0 Å². The van der Waals surface area contributed by atoms with Crippen LogP contribution in [0.2, 0.25) is 5.02 Å². The van der Waals surface area contributed by atoms with Crippen LogP contribution in [0.5, 0.6) is 0 Å². The molecule has 0 radical (unpaired) electrons. The fourth-order valence-corrected chi connectivity index (χ4v) is 3.05. The van der Waals surface area contributed by atoms with Crippen LogP contribution in [0.4, 0.5) is 8.78 Å². The van der Waals surface area contributed by atoms with Crippen LogP contribution in [0, 0.1) is 11.6 Å². The molecule has 0 aliphatic carbocycles. The van der Waals surface area contributed by atoms with E-state index in [1.807, 2.05) is 6.07 Å². The average molecular weight is 416 g/mol. The SMILES string of the molecule is O=C(NC(Cc1c(F)cccc1F)C(=O)O)c1ccc(-c2cccc(Cl)c2)cc1. The minimum Gasteiger partial charge on any atom is -0.480 e. The zero-order valence-corrected chi connectivity index (χ0v) is 15.8. The molecule has 0 aromatic heterocycles. The van der Waals surface area contributed by atoms with Crippen molar-refractivity contribution >= 4 is 23.5 Å². The molecule has 4 nitrogen and oxygen atoms in total. The number of rotatable bonds is 6. The molecule has 3 aromatic carbocycles. The monoisotopic (exact) mass is 415 g/mol. The first kappa shape index (κ1) is 20.5. The number of aliphatic carboxylic acids is 1. The predicted octanol–water partition coefficient (Wildman–Crippen LogP) is 4.71. The van der Waals surface area contributed by atoms with Crippen molar-refractivity contribution in [2.45, 2.75) is 12.5 Å². The Morgan fingerprint density at radius 3 is 2.14 bits per heavy atom. The second-order valence-electron chi connectivity index (χ2n) is 6.36. The number of halogens is 3. The van der Waals surface area contributed by atoms with Crippen molar-refractivity contribution in [3.05, 3.63) is 94.5 Å². The normalized spacial score (nSPS) is 11.7. The van der Waals surface area contributed by atoms with E-state index in [1.54, 1.807) is 30.3 Å². The summed E-state index contributed by atoms with van der Waals surface area (Å²) in [5.41, 5.74) is 1.52. The lowest BCUT2D eigenvalue weighted by atomic mass is 10.0. The van der Waals surface area contributed by atoms with Gasteiger partial charge in [0.1, 0.15) is 17.7 Å². The van der Waals surface area contributed by atoms with E-state index in [1.165, 1.54) is 18.2 Å². The lowest BCUT2D eigenvalue weighted by Crippen LogP contribution is -2.42. The summed E-state index contributed by atoms with van der Waals surface area (Å²) in [6, 6.07) is 15.4. The Bertz CT molecular complexity index is 1030. The van der Waals surface area contributed by atoms with Crippen molar-refractivity contribution in [1.82, 2.24) is 5.32 Å². The molecule has 0 saturated carbocycles. The number of nitrogens with one attached hydrogen (secondary N) is 1. The number of carboxylic acid groups (broad SMARTS) is 1. The molecule has 1 amide bonds. The molecule has 0 aliphatic rings. The zero-order valence-electron chi connectivity index (χ0n) is 15.0. The second kappa shape index (κ2) is 8.84. The van der Waals surface area contributed by atoms with Gasteiger partial charge < -0.3 is 10.4 Å². The summed E-state index contributed by atoms with van der Waals surface area (Å²) in [5.74, 6) is -3.78. The van der Waals surface area contributed by atoms with Gasteiger partial charge in [0, 0.05) is 22.6 Å². The number of hydrogen-bond donors (Lipinski definition) is 2. The van der Waals surface area contributed by atoms with Crippen molar-refractivity contribution in [2.24, 2.45) is 0 Å². The maximum Gasteiger partial charge on any atom is 0.326 e. The van der Waals surface area contributed by atoms with E-state index >= 15 is 0 Å². The van der Waals surface area contributed by atoms with Gasteiger partial charge in [-0.05, 0) is 47.5 Å². The van der Waals surface area contributed by atoms with E-state index in [-0.39, 0.29) is 5.56 Å². The molecule has 1 unspecified atom stereocenters. The van der Waals surface area contributed by atoms with Gasteiger partial charge in [-0.15, -0.1) is 0 Å². The number of hydrogen-bond acceptors (Lipinski definition) is 2. The lowest BCUT2D eigenvalue weighted by Gasteiger charge is -2.16. The second-order valence-corrected chi connectivity index (χ2v) is 6.79. The Balaban J connectivity index is 1.76. The van der Waals surface area contributed by atoms with E-state index in [4.69, 9.17) is 11.6 Å². The van der Waals surface area contributed by atoms with Crippen molar-refractivity contribution in [2.75, 3.05) is 0 Å². The summed E-state index contributed by atoms with van der Waals surface area (Å²) in [5, 5.41) is 12.2. The van der Waals surface area contributed by atoms with Crippen molar-refractivity contribution in [3.8, 4) is 11.1 Å². The first-order valence-electron chi connectivity index (χ1n) is 8.67. The van der Waals surface area contributed by atoms with E-state index in [2.05, 4.69) is 5.32 Å². The Morgan fingerprint density at radius 2 is 1.55 bits per heavy atom. The number of carbonyl (C=O) groups is 2. The molecule has 0 spiro atoms. The fourth-order valence-electron chi connectivity index (χ4n) is 2.86. The summed E-state index contributed by atoms with van der Waals surface area (Å²) >= 11 is 5.98. The molecule has 0 aliphatic heterocycles. The third-order valence-electron chi connectivity index (χ3n) is 4.38. The highest BCUT2D eigenvalue weighted by molar-refractivity contribution is 6.30. The van der Waals surface area contributed by atoms with Crippen LogP contribution in [0.1, 0.15) is 15.9 Å². The Hall–Kier alpha value is -3.25. The average Bonchev–Trinajstić information content (AvgIpc) is 2.70. The molecular weight excluding hydrogens is 400 g/mol. The van der Waals surface area contributed by atoms with Gasteiger partial charge in [-0.1, -0.05) is 41.9 Å². The molecule has 148 valence electrons. The largest absolute Gasteiger partial charge is 0.480 e. The third kappa shape index (κ3) is 4.97. The molecule has 0 fully saturated rings. The Kier molecular flexibility index (Phi) is 6.24. The van der Waals surface area contributed by atoms with Gasteiger partial charge in [0.25, 0.3) is 5.91 Å². The number of amides is 1. The van der Waals surface area contributed by atoms with E-state index in [0.717, 1.165) is 23.3 Å². The van der Waals surface area contributed by atoms with Gasteiger partial charge in [-0.3, -0.25) is 4.79 Å². The minimum atomic E-state index is -1.48. The fraction of sp³-hybridized carbons (Fsp3) is 0.0909. The summed E-state index contributed by atoms with van der Waals surface area (Å²) in [6.07, 6.45) is -0.514. The minimum absolute atomic E-state index is 0.219. The van der Waals surface area contributed by atoms with Crippen LogP contribution in [-0.4, -0.2) is 23.0 Å². The molecule has 3 aromatic rings. The van der Waals surface area contributed by atoms with Crippen molar-refractivity contribution in [1.29, 1.82) is 0 Å². The topological polar surface area (TPSA) is 66.4 Å². The van der Waals surface area contributed by atoms with Crippen molar-refractivity contribution < 1.29 is 23.5 Å². The van der Waals surface area contributed by atoms with Gasteiger partial charge in [0.05, 0.1) is 0 Å². The Labute approximate surface area is 170 Å². The maximum atomic E-state index is 13.8. The third-order valence-corrected chi connectivity index (χ3v) is 4.61. The van der Waals surface area contributed by atoms with Gasteiger partial charge in [0.15, 0.2) is 0 Å². The summed E-state index contributed by atoms with van der Waals surface area (Å²) in [4.78, 5) is 23.9. The van der Waals surface area contributed by atoms with Crippen LogP contribution < -0.4 is 5.32 Å². The summed E-state index contributed by atoms with van der Waals surface area (Å²) in [7, 11) is 0. The lowest BCUT2D eigenvalue weighted by molar-refractivity contribution is -0.139. The van der Waals surface area contributed by atoms with Crippen molar-refractivity contribution in [3.63, 3.8) is 0 Å². The van der Waals surface area contributed by atoms with Crippen LogP contribution in [0.3, 0.4) is 0 Å². The first-order valence-corrected chi connectivity index (χ1v) is 9.05. The molecule has 29 heavy (non-hydrogen) atoms. The molecular formula is C22H16ClF2NO3.